The number of carboxylic acid groups (broad SMARTS) is 1. The minimum atomic E-state index is -1.02. The van der Waals surface area contributed by atoms with E-state index in [1.165, 1.54) is 5.57 Å². The number of carbonyl (C=O) groups is 2. The number of rotatable bonds is 10. The van der Waals surface area contributed by atoms with Crippen LogP contribution in [0.15, 0.2) is 11.6 Å². The summed E-state index contributed by atoms with van der Waals surface area (Å²) in [6, 6.07) is 0. The molecule has 6 atom stereocenters. The van der Waals surface area contributed by atoms with Crippen molar-refractivity contribution in [1.82, 2.24) is 0 Å². The number of esters is 1. The molecule has 1 fully saturated rings. The Morgan fingerprint density at radius 2 is 1.93 bits per heavy atom. The molecule has 6 heteroatoms. The molecule has 2 aliphatic carbocycles. The van der Waals surface area contributed by atoms with Crippen LogP contribution < -0.4 is 0 Å². The zero-order valence-corrected chi connectivity index (χ0v) is 19.0. The zero-order chi connectivity index (χ0) is 22.5. The maximum absolute atomic E-state index is 12.4. The van der Waals surface area contributed by atoms with Crippen molar-refractivity contribution in [1.29, 1.82) is 0 Å². The molecule has 2 aliphatic rings. The first-order valence-corrected chi connectivity index (χ1v) is 11.4. The van der Waals surface area contributed by atoms with E-state index in [0.717, 1.165) is 32.1 Å². The molecule has 0 heterocycles. The van der Waals surface area contributed by atoms with Crippen LogP contribution in [0.4, 0.5) is 0 Å². The Kier molecular flexibility index (Phi) is 8.51. The lowest BCUT2D eigenvalue weighted by molar-refractivity contribution is -0.180. The van der Waals surface area contributed by atoms with E-state index in [-0.39, 0.29) is 42.8 Å². The van der Waals surface area contributed by atoms with E-state index in [1.807, 2.05) is 0 Å². The van der Waals surface area contributed by atoms with Gasteiger partial charge in [-0.1, -0.05) is 38.8 Å². The van der Waals surface area contributed by atoms with Crippen molar-refractivity contribution in [2.45, 2.75) is 85.2 Å². The van der Waals surface area contributed by atoms with Gasteiger partial charge in [0.15, 0.2) is 0 Å². The van der Waals surface area contributed by atoms with E-state index in [2.05, 4.69) is 33.8 Å². The SMILES string of the molecule is CC1=CCC[C@@H]2[C@@](C)(CC[C@H](C)CCO)[C@H](CO)[C@@H](OC(=O)CCC(=O)O)C[C@@]12C. The summed E-state index contributed by atoms with van der Waals surface area (Å²) in [5.74, 6) is -0.943. The number of hydrogen-bond donors (Lipinski definition) is 3. The van der Waals surface area contributed by atoms with Gasteiger partial charge in [-0.15, -0.1) is 0 Å². The minimum Gasteiger partial charge on any atom is -0.481 e. The highest BCUT2D eigenvalue weighted by atomic mass is 16.5. The summed E-state index contributed by atoms with van der Waals surface area (Å²) in [6.45, 7) is 8.90. The van der Waals surface area contributed by atoms with E-state index in [0.29, 0.717) is 18.3 Å². The van der Waals surface area contributed by atoms with Gasteiger partial charge in [-0.05, 0) is 61.7 Å². The van der Waals surface area contributed by atoms with E-state index in [4.69, 9.17) is 9.84 Å². The number of aliphatic hydroxyl groups excluding tert-OH is 2. The quantitative estimate of drug-likeness (QED) is 0.362. The smallest absolute Gasteiger partial charge is 0.306 e. The fourth-order valence-corrected chi connectivity index (χ4v) is 6.07. The third-order valence-electron chi connectivity index (χ3n) is 8.11. The normalized spacial score (nSPS) is 34.6. The molecule has 0 aromatic rings. The van der Waals surface area contributed by atoms with Crippen LogP contribution in [0.3, 0.4) is 0 Å². The third-order valence-corrected chi connectivity index (χ3v) is 8.11. The number of hydrogen-bond acceptors (Lipinski definition) is 5. The average Bonchev–Trinajstić information content (AvgIpc) is 2.67. The monoisotopic (exact) mass is 424 g/mol. The molecule has 0 amide bonds. The lowest BCUT2D eigenvalue weighted by Gasteiger charge is -2.60. The lowest BCUT2D eigenvalue weighted by Crippen LogP contribution is -2.57. The third kappa shape index (κ3) is 5.25. The van der Waals surface area contributed by atoms with Gasteiger partial charge >= 0.3 is 11.9 Å². The summed E-state index contributed by atoms with van der Waals surface area (Å²) in [5.41, 5.74) is 0.992. The highest BCUT2D eigenvalue weighted by molar-refractivity contribution is 5.76. The molecule has 2 rings (SSSR count). The molecule has 0 radical (unpaired) electrons. The second-order valence-electron chi connectivity index (χ2n) is 10.0. The topological polar surface area (TPSA) is 104 Å². The first-order valence-electron chi connectivity index (χ1n) is 11.4. The van der Waals surface area contributed by atoms with Crippen LogP contribution in [0.5, 0.6) is 0 Å². The van der Waals surface area contributed by atoms with Crippen LogP contribution in [0.25, 0.3) is 0 Å². The summed E-state index contributed by atoms with van der Waals surface area (Å²) in [6.07, 6.45) is 6.79. The fraction of sp³-hybridized carbons (Fsp3) is 0.833. The van der Waals surface area contributed by atoms with E-state index >= 15 is 0 Å². The van der Waals surface area contributed by atoms with Crippen LogP contribution in [-0.2, 0) is 14.3 Å². The van der Waals surface area contributed by atoms with Crippen molar-refractivity contribution in [3.8, 4) is 0 Å². The summed E-state index contributed by atoms with van der Waals surface area (Å²) in [7, 11) is 0. The average molecular weight is 425 g/mol. The van der Waals surface area contributed by atoms with Crippen molar-refractivity contribution >= 4 is 11.9 Å². The minimum absolute atomic E-state index is 0.0584. The van der Waals surface area contributed by atoms with Gasteiger partial charge in [0.25, 0.3) is 0 Å². The molecule has 3 N–H and O–H groups in total. The van der Waals surface area contributed by atoms with Gasteiger partial charge in [-0.2, -0.15) is 0 Å². The number of aliphatic hydroxyl groups is 2. The Balaban J connectivity index is 2.32. The molecule has 0 bridgehead atoms. The van der Waals surface area contributed by atoms with Crippen LogP contribution in [0.2, 0.25) is 0 Å². The molecule has 172 valence electrons. The number of aliphatic carboxylic acids is 1. The second-order valence-corrected chi connectivity index (χ2v) is 10.0. The molecule has 0 aliphatic heterocycles. The molecule has 0 saturated heterocycles. The van der Waals surface area contributed by atoms with Crippen LogP contribution in [0.1, 0.15) is 79.1 Å². The van der Waals surface area contributed by atoms with Gasteiger partial charge in [-0.3, -0.25) is 9.59 Å². The second kappa shape index (κ2) is 10.3. The molecular weight excluding hydrogens is 384 g/mol. The van der Waals surface area contributed by atoms with Gasteiger partial charge in [0.1, 0.15) is 6.10 Å². The Morgan fingerprint density at radius 3 is 2.53 bits per heavy atom. The van der Waals surface area contributed by atoms with Crippen molar-refractivity contribution in [3.63, 3.8) is 0 Å². The highest BCUT2D eigenvalue weighted by Gasteiger charge is 2.58. The number of fused-ring (bicyclic) bond motifs is 1. The fourth-order valence-electron chi connectivity index (χ4n) is 6.07. The lowest BCUT2D eigenvalue weighted by atomic mass is 9.46. The zero-order valence-electron chi connectivity index (χ0n) is 19.0. The molecule has 0 aromatic carbocycles. The summed E-state index contributed by atoms with van der Waals surface area (Å²) >= 11 is 0. The number of ether oxygens (including phenoxy) is 1. The van der Waals surface area contributed by atoms with Gasteiger partial charge in [0, 0.05) is 19.1 Å². The predicted molar refractivity (Wildman–Crippen MR) is 115 cm³/mol. The number of allylic oxidation sites excluding steroid dienone is 2. The van der Waals surface area contributed by atoms with Gasteiger partial charge < -0.3 is 20.1 Å². The number of carboxylic acids is 1. The first kappa shape index (κ1) is 24.9. The van der Waals surface area contributed by atoms with E-state index in [9.17, 15) is 19.8 Å². The molecule has 0 unspecified atom stereocenters. The Hall–Kier alpha value is -1.40. The highest BCUT2D eigenvalue weighted by Crippen LogP contribution is 2.62. The van der Waals surface area contributed by atoms with Crippen LogP contribution in [0, 0.1) is 28.6 Å². The molecule has 1 saturated carbocycles. The Bertz CT molecular complexity index is 644. The Labute approximate surface area is 180 Å². The maximum Gasteiger partial charge on any atom is 0.306 e. The maximum atomic E-state index is 12.4. The van der Waals surface area contributed by atoms with Crippen molar-refractivity contribution in [3.05, 3.63) is 11.6 Å². The van der Waals surface area contributed by atoms with Crippen LogP contribution in [-0.4, -0.2) is 46.6 Å². The first-order chi connectivity index (χ1) is 14.1. The molecule has 6 nitrogen and oxygen atoms in total. The summed E-state index contributed by atoms with van der Waals surface area (Å²) < 4.78 is 5.83. The standard InChI is InChI=1S/C24H40O6/c1-16(11-13-25)10-12-23(3)18(15-26)19(30-22(29)9-8-21(27)28)14-24(4)17(2)6-5-7-20(23)24/h6,16,18-20,25-26H,5,7-15H2,1-4H3,(H,27,28)/t16-,18+,19-,20+,23-,24-/m0/s1. The predicted octanol–water partition coefficient (Wildman–Crippen LogP) is 3.94. The largest absolute Gasteiger partial charge is 0.481 e. The van der Waals surface area contributed by atoms with E-state index < -0.39 is 18.0 Å². The molecule has 30 heavy (non-hydrogen) atoms. The summed E-state index contributed by atoms with van der Waals surface area (Å²) in [5, 5.41) is 28.6. The number of carbonyl (C=O) groups excluding carboxylic acids is 1. The van der Waals surface area contributed by atoms with Crippen molar-refractivity contribution in [2.75, 3.05) is 13.2 Å². The van der Waals surface area contributed by atoms with Crippen molar-refractivity contribution in [2.24, 2.45) is 28.6 Å². The van der Waals surface area contributed by atoms with Gasteiger partial charge in [-0.25, -0.2) is 0 Å². The van der Waals surface area contributed by atoms with E-state index in [1.54, 1.807) is 0 Å². The summed E-state index contributed by atoms with van der Waals surface area (Å²) in [4.78, 5) is 23.2. The van der Waals surface area contributed by atoms with Crippen LogP contribution >= 0.6 is 0 Å². The Morgan fingerprint density at radius 1 is 1.23 bits per heavy atom. The van der Waals surface area contributed by atoms with Gasteiger partial charge in [0.05, 0.1) is 12.8 Å². The molecule has 0 spiro atoms. The van der Waals surface area contributed by atoms with Crippen molar-refractivity contribution < 1.29 is 29.6 Å². The van der Waals surface area contributed by atoms with Gasteiger partial charge in [0.2, 0.25) is 0 Å². The molecular formula is C24H40O6. The molecule has 0 aromatic heterocycles.